The minimum Gasteiger partial charge on any atom is -0.357 e. The van der Waals surface area contributed by atoms with Crippen LogP contribution in [0.15, 0.2) is 29.3 Å². The second kappa shape index (κ2) is 13.9. The van der Waals surface area contributed by atoms with Crippen LogP contribution < -0.4 is 10.6 Å². The van der Waals surface area contributed by atoms with E-state index in [4.69, 9.17) is 4.99 Å². The quantitative estimate of drug-likeness (QED) is 0.309. The van der Waals surface area contributed by atoms with E-state index in [0.29, 0.717) is 5.92 Å². The third kappa shape index (κ3) is 9.20. The number of halogens is 1. The number of hydrogen-bond acceptors (Lipinski definition) is 3. The fourth-order valence-electron chi connectivity index (χ4n) is 3.61. The van der Waals surface area contributed by atoms with Gasteiger partial charge in [-0.05, 0) is 37.3 Å². The van der Waals surface area contributed by atoms with Gasteiger partial charge in [-0.25, -0.2) is 0 Å². The lowest BCUT2D eigenvalue weighted by molar-refractivity contribution is -0.130. The molecule has 0 radical (unpaired) electrons. The number of carbonyl (C=O) groups excluding carboxylic acids is 1. The van der Waals surface area contributed by atoms with Crippen molar-refractivity contribution in [1.29, 1.82) is 0 Å². The summed E-state index contributed by atoms with van der Waals surface area (Å²) >= 11 is 0. The Morgan fingerprint density at radius 2 is 1.73 bits per heavy atom. The summed E-state index contributed by atoms with van der Waals surface area (Å²) in [5.41, 5.74) is 2.66. The maximum atomic E-state index is 11.4. The molecular weight excluding hydrogens is 489 g/mol. The van der Waals surface area contributed by atoms with Crippen LogP contribution in [-0.2, 0) is 11.2 Å². The first-order chi connectivity index (χ1) is 13.9. The van der Waals surface area contributed by atoms with Crippen LogP contribution in [0, 0.1) is 5.92 Å². The minimum atomic E-state index is 0. The third-order valence-corrected chi connectivity index (χ3v) is 5.32. The molecule has 6 nitrogen and oxygen atoms in total. The smallest absolute Gasteiger partial charge is 0.219 e. The second-order valence-electron chi connectivity index (χ2n) is 8.31. The number of rotatable bonds is 8. The molecule has 1 aliphatic heterocycles. The van der Waals surface area contributed by atoms with Crippen molar-refractivity contribution in [2.75, 3.05) is 45.8 Å². The molecule has 1 aliphatic rings. The predicted octanol–water partition coefficient (Wildman–Crippen LogP) is 3.28. The molecule has 1 heterocycles. The Morgan fingerprint density at radius 1 is 1.10 bits per heavy atom. The van der Waals surface area contributed by atoms with Crippen LogP contribution in [0.4, 0.5) is 0 Å². The number of nitrogens with one attached hydrogen (secondary N) is 2. The number of carbonyl (C=O) groups is 1. The maximum absolute atomic E-state index is 11.4. The molecule has 1 aromatic carbocycles. The number of amides is 1. The molecule has 0 spiro atoms. The first-order valence-corrected chi connectivity index (χ1v) is 11.0. The highest BCUT2D eigenvalue weighted by Crippen LogP contribution is 2.15. The van der Waals surface area contributed by atoms with Crippen molar-refractivity contribution >= 4 is 35.8 Å². The summed E-state index contributed by atoms with van der Waals surface area (Å²) in [5.74, 6) is 1.70. The highest BCUT2D eigenvalue weighted by Gasteiger charge is 2.18. The molecule has 1 fully saturated rings. The van der Waals surface area contributed by atoms with E-state index in [9.17, 15) is 4.79 Å². The van der Waals surface area contributed by atoms with Gasteiger partial charge in [0.05, 0.1) is 12.6 Å². The van der Waals surface area contributed by atoms with Gasteiger partial charge < -0.3 is 15.5 Å². The van der Waals surface area contributed by atoms with Crippen molar-refractivity contribution in [2.45, 2.75) is 47.1 Å². The number of nitrogens with zero attached hydrogens (tertiary/aromatic N) is 3. The molecule has 2 rings (SSSR count). The van der Waals surface area contributed by atoms with Crippen molar-refractivity contribution in [3.63, 3.8) is 0 Å². The van der Waals surface area contributed by atoms with Crippen molar-refractivity contribution in [3.05, 3.63) is 35.4 Å². The van der Waals surface area contributed by atoms with Gasteiger partial charge in [-0.1, -0.05) is 38.1 Å². The van der Waals surface area contributed by atoms with Gasteiger partial charge in [0.1, 0.15) is 0 Å². The molecule has 2 N–H and O–H groups in total. The highest BCUT2D eigenvalue weighted by molar-refractivity contribution is 14.0. The molecule has 170 valence electrons. The lowest BCUT2D eigenvalue weighted by Crippen LogP contribution is -2.48. The summed E-state index contributed by atoms with van der Waals surface area (Å²) in [6.07, 6.45) is 1.12. The topological polar surface area (TPSA) is 60.0 Å². The van der Waals surface area contributed by atoms with Crippen LogP contribution in [0.5, 0.6) is 0 Å². The Bertz CT molecular complexity index is 654. The molecule has 0 aromatic heterocycles. The average Bonchev–Trinajstić information content (AvgIpc) is 2.68. The zero-order valence-corrected chi connectivity index (χ0v) is 21.6. The molecule has 7 heteroatoms. The normalized spacial score (nSPS) is 16.2. The van der Waals surface area contributed by atoms with E-state index in [1.807, 2.05) is 4.90 Å². The van der Waals surface area contributed by atoms with Crippen LogP contribution in [0.25, 0.3) is 0 Å². The zero-order chi connectivity index (χ0) is 21.2. The standard InChI is InChI=1S/C23H39N5O.HI/c1-6-24-23(25-11-12-27-13-15-28(16-14-27)20(5)29)26-19(4)22-9-7-21(8-10-22)17-18(2)3;/h7-10,18-19H,6,11-17H2,1-5H3,(H2,24,25,26);1H. The number of guanidine groups is 1. The summed E-state index contributed by atoms with van der Waals surface area (Å²) in [4.78, 5) is 20.5. The molecular formula is C23H40IN5O. The van der Waals surface area contributed by atoms with Crippen molar-refractivity contribution < 1.29 is 4.79 Å². The fraction of sp³-hybridized carbons (Fsp3) is 0.652. The van der Waals surface area contributed by atoms with Crippen molar-refractivity contribution in [2.24, 2.45) is 10.9 Å². The van der Waals surface area contributed by atoms with Gasteiger partial charge >= 0.3 is 0 Å². The summed E-state index contributed by atoms with van der Waals surface area (Å²) in [5, 5.41) is 6.87. The maximum Gasteiger partial charge on any atom is 0.219 e. The molecule has 0 aliphatic carbocycles. The average molecular weight is 530 g/mol. The fourth-order valence-corrected chi connectivity index (χ4v) is 3.61. The first-order valence-electron chi connectivity index (χ1n) is 11.0. The van der Waals surface area contributed by atoms with E-state index >= 15 is 0 Å². The lowest BCUT2D eigenvalue weighted by Gasteiger charge is -2.33. The molecule has 0 bridgehead atoms. The molecule has 1 aromatic rings. The summed E-state index contributed by atoms with van der Waals surface area (Å²) in [6.45, 7) is 16.4. The van der Waals surface area contributed by atoms with Crippen molar-refractivity contribution in [1.82, 2.24) is 20.4 Å². The SMILES string of the molecule is CCNC(=NCCN1CCN(C(C)=O)CC1)NC(C)c1ccc(CC(C)C)cc1.I. The Hall–Kier alpha value is -1.35. The van der Waals surface area contributed by atoms with E-state index in [1.165, 1.54) is 11.1 Å². The largest absolute Gasteiger partial charge is 0.357 e. The highest BCUT2D eigenvalue weighted by atomic mass is 127. The summed E-state index contributed by atoms with van der Waals surface area (Å²) in [7, 11) is 0. The van der Waals surface area contributed by atoms with Crippen LogP contribution in [0.3, 0.4) is 0 Å². The van der Waals surface area contributed by atoms with Crippen LogP contribution >= 0.6 is 24.0 Å². The van der Waals surface area contributed by atoms with Crippen LogP contribution in [-0.4, -0.2) is 67.5 Å². The molecule has 1 unspecified atom stereocenters. The third-order valence-electron chi connectivity index (χ3n) is 5.32. The van der Waals surface area contributed by atoms with Gasteiger partial charge in [0.15, 0.2) is 5.96 Å². The predicted molar refractivity (Wildman–Crippen MR) is 137 cm³/mol. The lowest BCUT2D eigenvalue weighted by atomic mass is 10.00. The monoisotopic (exact) mass is 529 g/mol. The van der Waals surface area contributed by atoms with E-state index in [-0.39, 0.29) is 35.9 Å². The Kier molecular flexibility index (Phi) is 12.3. The minimum absolute atomic E-state index is 0. The number of aliphatic imine (C=N–C) groups is 1. The summed E-state index contributed by atoms with van der Waals surface area (Å²) < 4.78 is 0. The van der Waals surface area contributed by atoms with Gasteiger partial charge in [-0.15, -0.1) is 24.0 Å². The van der Waals surface area contributed by atoms with Gasteiger partial charge in [-0.2, -0.15) is 0 Å². The Balaban J connectivity index is 0.00000450. The Morgan fingerprint density at radius 3 is 2.27 bits per heavy atom. The van der Waals surface area contributed by atoms with E-state index in [0.717, 1.165) is 58.2 Å². The van der Waals surface area contributed by atoms with Gasteiger partial charge in [0.2, 0.25) is 5.91 Å². The summed E-state index contributed by atoms with van der Waals surface area (Å²) in [6, 6.07) is 9.09. The van der Waals surface area contributed by atoms with E-state index in [2.05, 4.69) is 67.5 Å². The molecule has 1 saturated heterocycles. The zero-order valence-electron chi connectivity index (χ0n) is 19.3. The molecule has 0 saturated carbocycles. The molecule has 1 atom stereocenters. The van der Waals surface area contributed by atoms with Gasteiger partial charge in [-0.3, -0.25) is 14.7 Å². The van der Waals surface area contributed by atoms with E-state index in [1.54, 1.807) is 6.92 Å². The first kappa shape index (κ1) is 26.7. The number of hydrogen-bond donors (Lipinski definition) is 2. The molecule has 1 amide bonds. The Labute approximate surface area is 199 Å². The van der Waals surface area contributed by atoms with Gasteiger partial charge in [0.25, 0.3) is 0 Å². The van der Waals surface area contributed by atoms with Crippen LogP contribution in [0.1, 0.15) is 51.8 Å². The van der Waals surface area contributed by atoms with E-state index < -0.39 is 0 Å². The van der Waals surface area contributed by atoms with Gasteiger partial charge in [0, 0.05) is 46.2 Å². The molecule has 30 heavy (non-hydrogen) atoms. The van der Waals surface area contributed by atoms with Crippen molar-refractivity contribution in [3.8, 4) is 0 Å². The number of piperazine rings is 1. The van der Waals surface area contributed by atoms with Crippen LogP contribution in [0.2, 0.25) is 0 Å². The second-order valence-corrected chi connectivity index (χ2v) is 8.31. The number of benzene rings is 1.